The van der Waals surface area contributed by atoms with Gasteiger partial charge in [-0.3, -0.25) is 4.79 Å². The predicted octanol–water partition coefficient (Wildman–Crippen LogP) is 4.67. The third kappa shape index (κ3) is 2.76. The quantitative estimate of drug-likeness (QED) is 0.595. The second-order valence-corrected chi connectivity index (χ2v) is 5.85. The highest BCUT2D eigenvalue weighted by Crippen LogP contribution is 2.34. The molecule has 3 aromatic carbocycles. The summed E-state index contributed by atoms with van der Waals surface area (Å²) in [5.74, 6) is -0.443. The molecule has 4 rings (SSSR count). The summed E-state index contributed by atoms with van der Waals surface area (Å²) in [4.78, 5) is 16.8. The topological polar surface area (TPSA) is 56.0 Å². The monoisotopic (exact) mass is 324 g/mol. The SMILES string of the molecule is NC(=O)c1cccc(-c2ccc3ccccc3n2)c1-c1ccccc1. The van der Waals surface area contributed by atoms with Crippen LogP contribution in [-0.2, 0) is 0 Å². The van der Waals surface area contributed by atoms with Crippen molar-refractivity contribution in [3.05, 3.63) is 90.5 Å². The van der Waals surface area contributed by atoms with E-state index in [2.05, 4.69) is 0 Å². The van der Waals surface area contributed by atoms with Gasteiger partial charge in [0.25, 0.3) is 0 Å². The van der Waals surface area contributed by atoms with Crippen molar-refractivity contribution in [3.8, 4) is 22.4 Å². The molecule has 1 aromatic heterocycles. The number of carbonyl (C=O) groups is 1. The molecule has 0 spiro atoms. The normalized spacial score (nSPS) is 10.7. The molecule has 4 aromatic rings. The molecular weight excluding hydrogens is 308 g/mol. The van der Waals surface area contributed by atoms with Gasteiger partial charge in [-0.05, 0) is 23.8 Å². The summed E-state index contributed by atoms with van der Waals surface area (Å²) in [6.07, 6.45) is 0. The van der Waals surface area contributed by atoms with Crippen LogP contribution in [0.4, 0.5) is 0 Å². The van der Waals surface area contributed by atoms with Crippen LogP contribution in [0, 0.1) is 0 Å². The molecule has 0 bridgehead atoms. The number of pyridine rings is 1. The summed E-state index contributed by atoms with van der Waals surface area (Å²) < 4.78 is 0. The number of nitrogens with two attached hydrogens (primary N) is 1. The summed E-state index contributed by atoms with van der Waals surface area (Å²) in [5, 5.41) is 1.08. The average Bonchev–Trinajstić information content (AvgIpc) is 2.67. The van der Waals surface area contributed by atoms with Gasteiger partial charge in [0.1, 0.15) is 0 Å². The lowest BCUT2D eigenvalue weighted by atomic mass is 9.92. The second-order valence-electron chi connectivity index (χ2n) is 5.85. The summed E-state index contributed by atoms with van der Waals surface area (Å²) >= 11 is 0. The molecule has 0 saturated carbocycles. The average molecular weight is 324 g/mol. The fourth-order valence-electron chi connectivity index (χ4n) is 3.10. The Morgan fingerprint density at radius 3 is 2.32 bits per heavy atom. The lowest BCUT2D eigenvalue weighted by Crippen LogP contribution is -2.13. The molecule has 0 fully saturated rings. The first-order chi connectivity index (χ1) is 12.2. The molecule has 0 radical (unpaired) electrons. The van der Waals surface area contributed by atoms with Gasteiger partial charge in [-0.1, -0.05) is 66.7 Å². The smallest absolute Gasteiger partial charge is 0.249 e. The Labute approximate surface area is 145 Å². The number of hydrogen-bond donors (Lipinski definition) is 1. The van der Waals surface area contributed by atoms with Crippen molar-refractivity contribution in [2.75, 3.05) is 0 Å². The van der Waals surface area contributed by atoms with Crippen molar-refractivity contribution < 1.29 is 4.79 Å². The highest BCUT2D eigenvalue weighted by atomic mass is 16.1. The Morgan fingerprint density at radius 1 is 0.760 bits per heavy atom. The van der Waals surface area contributed by atoms with E-state index in [0.717, 1.165) is 33.3 Å². The lowest BCUT2D eigenvalue weighted by Gasteiger charge is -2.14. The van der Waals surface area contributed by atoms with E-state index in [1.54, 1.807) is 6.07 Å². The molecule has 120 valence electrons. The molecule has 2 N–H and O–H groups in total. The summed E-state index contributed by atoms with van der Waals surface area (Å²) in [6, 6.07) is 27.4. The first-order valence-corrected chi connectivity index (χ1v) is 8.08. The fourth-order valence-corrected chi connectivity index (χ4v) is 3.10. The van der Waals surface area contributed by atoms with Crippen molar-refractivity contribution in [1.29, 1.82) is 0 Å². The number of carbonyl (C=O) groups excluding carboxylic acids is 1. The Bertz CT molecular complexity index is 1070. The molecule has 1 amide bonds. The lowest BCUT2D eigenvalue weighted by molar-refractivity contribution is 0.100. The number of rotatable bonds is 3. The van der Waals surface area contributed by atoms with Gasteiger partial charge >= 0.3 is 0 Å². The number of fused-ring (bicyclic) bond motifs is 1. The maximum Gasteiger partial charge on any atom is 0.249 e. The summed E-state index contributed by atoms with van der Waals surface area (Å²) in [6.45, 7) is 0. The van der Waals surface area contributed by atoms with Gasteiger partial charge in [0.05, 0.1) is 11.2 Å². The first-order valence-electron chi connectivity index (χ1n) is 8.08. The number of aromatic nitrogens is 1. The number of benzene rings is 3. The van der Waals surface area contributed by atoms with Crippen molar-refractivity contribution in [2.45, 2.75) is 0 Å². The van der Waals surface area contributed by atoms with E-state index in [9.17, 15) is 4.79 Å². The molecule has 1 heterocycles. The molecule has 0 unspecified atom stereocenters. The van der Waals surface area contributed by atoms with Gasteiger partial charge in [0.2, 0.25) is 5.91 Å². The summed E-state index contributed by atoms with van der Waals surface area (Å²) in [7, 11) is 0. The zero-order valence-corrected chi connectivity index (χ0v) is 13.5. The Kier molecular flexibility index (Phi) is 3.75. The zero-order chi connectivity index (χ0) is 17.2. The van der Waals surface area contributed by atoms with E-state index in [1.807, 2.05) is 78.9 Å². The van der Waals surface area contributed by atoms with E-state index in [1.165, 1.54) is 0 Å². The van der Waals surface area contributed by atoms with Gasteiger partial charge in [-0.25, -0.2) is 4.98 Å². The molecule has 3 nitrogen and oxygen atoms in total. The van der Waals surface area contributed by atoms with Crippen molar-refractivity contribution in [3.63, 3.8) is 0 Å². The molecule has 0 aliphatic carbocycles. The highest BCUT2D eigenvalue weighted by Gasteiger charge is 2.16. The maximum atomic E-state index is 12.0. The molecule has 3 heteroatoms. The Hall–Kier alpha value is -3.46. The van der Waals surface area contributed by atoms with Gasteiger partial charge in [0, 0.05) is 22.1 Å². The molecule has 0 aliphatic rings. The number of amides is 1. The minimum absolute atomic E-state index is 0.443. The van der Waals surface area contributed by atoms with Crippen LogP contribution < -0.4 is 5.73 Å². The van der Waals surface area contributed by atoms with E-state index in [-0.39, 0.29) is 0 Å². The van der Waals surface area contributed by atoms with Crippen molar-refractivity contribution in [2.24, 2.45) is 5.73 Å². The minimum atomic E-state index is -0.443. The van der Waals surface area contributed by atoms with Crippen LogP contribution in [0.15, 0.2) is 84.9 Å². The van der Waals surface area contributed by atoms with Crippen LogP contribution in [0.2, 0.25) is 0 Å². The Morgan fingerprint density at radius 2 is 1.52 bits per heavy atom. The van der Waals surface area contributed by atoms with E-state index < -0.39 is 5.91 Å². The first kappa shape index (κ1) is 15.1. The van der Waals surface area contributed by atoms with Gasteiger partial charge in [-0.15, -0.1) is 0 Å². The second kappa shape index (κ2) is 6.21. The van der Waals surface area contributed by atoms with Crippen LogP contribution in [0.25, 0.3) is 33.3 Å². The maximum absolute atomic E-state index is 12.0. The minimum Gasteiger partial charge on any atom is -0.366 e. The number of primary amides is 1. The third-order valence-corrected chi connectivity index (χ3v) is 4.27. The zero-order valence-electron chi connectivity index (χ0n) is 13.5. The molecule has 0 atom stereocenters. The fraction of sp³-hybridized carbons (Fsp3) is 0. The van der Waals surface area contributed by atoms with Crippen LogP contribution >= 0.6 is 0 Å². The Balaban J connectivity index is 2.00. The van der Waals surface area contributed by atoms with Gasteiger partial charge in [0.15, 0.2) is 0 Å². The van der Waals surface area contributed by atoms with E-state index in [4.69, 9.17) is 10.7 Å². The van der Waals surface area contributed by atoms with E-state index >= 15 is 0 Å². The van der Waals surface area contributed by atoms with Gasteiger partial charge < -0.3 is 5.73 Å². The van der Waals surface area contributed by atoms with Gasteiger partial charge in [-0.2, -0.15) is 0 Å². The number of nitrogens with zero attached hydrogens (tertiary/aromatic N) is 1. The van der Waals surface area contributed by atoms with E-state index in [0.29, 0.717) is 5.56 Å². The van der Waals surface area contributed by atoms with Crippen LogP contribution in [-0.4, -0.2) is 10.9 Å². The number of para-hydroxylation sites is 1. The van der Waals surface area contributed by atoms with Crippen LogP contribution in [0.1, 0.15) is 10.4 Å². The van der Waals surface area contributed by atoms with Crippen LogP contribution in [0.5, 0.6) is 0 Å². The molecule has 0 aliphatic heterocycles. The van der Waals surface area contributed by atoms with Crippen LogP contribution in [0.3, 0.4) is 0 Å². The highest BCUT2D eigenvalue weighted by molar-refractivity contribution is 6.04. The standard InChI is InChI=1S/C22H16N2O/c23-22(25)18-11-6-10-17(21(18)16-8-2-1-3-9-16)20-14-13-15-7-4-5-12-19(15)24-20/h1-14H,(H2,23,25). The molecular formula is C22H16N2O. The number of hydrogen-bond acceptors (Lipinski definition) is 2. The largest absolute Gasteiger partial charge is 0.366 e. The predicted molar refractivity (Wildman–Crippen MR) is 101 cm³/mol. The molecule has 25 heavy (non-hydrogen) atoms. The van der Waals surface area contributed by atoms with Crippen molar-refractivity contribution in [1.82, 2.24) is 4.98 Å². The van der Waals surface area contributed by atoms with Crippen molar-refractivity contribution >= 4 is 16.8 Å². The molecule has 0 saturated heterocycles. The third-order valence-electron chi connectivity index (χ3n) is 4.27. The summed E-state index contributed by atoms with van der Waals surface area (Å²) in [5.41, 5.74) is 10.5.